The van der Waals surface area contributed by atoms with Crippen LogP contribution in [0.15, 0.2) is 24.3 Å². The third kappa shape index (κ3) is 2.99. The second-order valence-electron chi connectivity index (χ2n) is 5.61. The lowest BCUT2D eigenvalue weighted by molar-refractivity contribution is 0.990. The van der Waals surface area contributed by atoms with Crippen LogP contribution in [0.25, 0.3) is 0 Å². The molecule has 1 aliphatic rings. The molecule has 0 saturated heterocycles. The smallest absolute Gasteiger partial charge is 0.224 e. The van der Waals surface area contributed by atoms with Crippen molar-refractivity contribution in [3.05, 3.63) is 41.1 Å². The zero-order chi connectivity index (χ0) is 14.8. The lowest BCUT2D eigenvalue weighted by Crippen LogP contribution is -2.05. The maximum atomic E-state index is 4.56. The Morgan fingerprint density at radius 1 is 1.24 bits per heavy atom. The second kappa shape index (κ2) is 5.72. The first-order valence-electron chi connectivity index (χ1n) is 7.63. The van der Waals surface area contributed by atoms with Crippen molar-refractivity contribution < 1.29 is 0 Å². The van der Waals surface area contributed by atoms with E-state index < -0.39 is 0 Å². The Hall–Kier alpha value is -2.10. The molecule has 1 heterocycles. The van der Waals surface area contributed by atoms with Crippen LogP contribution < -0.4 is 10.6 Å². The third-order valence-electron chi connectivity index (χ3n) is 3.96. The maximum absolute atomic E-state index is 4.56. The predicted octanol–water partition coefficient (Wildman–Crippen LogP) is 4.01. The molecule has 1 aliphatic carbocycles. The van der Waals surface area contributed by atoms with Crippen molar-refractivity contribution in [2.45, 2.75) is 39.0 Å². The van der Waals surface area contributed by atoms with Gasteiger partial charge in [-0.1, -0.05) is 25.1 Å². The van der Waals surface area contributed by atoms with Gasteiger partial charge in [0.25, 0.3) is 0 Å². The number of benzene rings is 1. The Morgan fingerprint density at radius 3 is 2.71 bits per heavy atom. The van der Waals surface area contributed by atoms with Crippen LogP contribution in [0.2, 0.25) is 0 Å². The SMILES string of the molecule is CCc1cccc(C)c1Nc1cc(C2CC2)nc(NC)n1. The van der Waals surface area contributed by atoms with Gasteiger partial charge in [-0.05, 0) is 37.3 Å². The van der Waals surface area contributed by atoms with Crippen molar-refractivity contribution in [1.82, 2.24) is 9.97 Å². The Bertz CT molecular complexity index is 647. The molecule has 0 aliphatic heterocycles. The first-order chi connectivity index (χ1) is 10.2. The summed E-state index contributed by atoms with van der Waals surface area (Å²) in [4.78, 5) is 9.10. The maximum Gasteiger partial charge on any atom is 0.224 e. The monoisotopic (exact) mass is 282 g/mol. The summed E-state index contributed by atoms with van der Waals surface area (Å²) in [5.41, 5.74) is 4.87. The molecule has 3 rings (SSSR count). The van der Waals surface area contributed by atoms with Gasteiger partial charge in [-0.25, -0.2) is 4.98 Å². The van der Waals surface area contributed by atoms with E-state index in [1.54, 1.807) is 0 Å². The number of nitrogens with zero attached hydrogens (tertiary/aromatic N) is 2. The first-order valence-corrected chi connectivity index (χ1v) is 7.63. The normalized spacial score (nSPS) is 14.0. The largest absolute Gasteiger partial charge is 0.357 e. The molecule has 0 spiro atoms. The molecule has 2 aromatic rings. The Morgan fingerprint density at radius 2 is 2.05 bits per heavy atom. The van der Waals surface area contributed by atoms with Gasteiger partial charge in [0.15, 0.2) is 0 Å². The van der Waals surface area contributed by atoms with E-state index in [9.17, 15) is 0 Å². The highest BCUT2D eigenvalue weighted by Crippen LogP contribution is 2.40. The van der Waals surface area contributed by atoms with E-state index in [2.05, 4.69) is 58.7 Å². The summed E-state index contributed by atoms with van der Waals surface area (Å²) in [6.45, 7) is 4.30. The van der Waals surface area contributed by atoms with Gasteiger partial charge in [-0.3, -0.25) is 0 Å². The first kappa shape index (κ1) is 13.9. The molecule has 4 heteroatoms. The molecule has 0 radical (unpaired) electrons. The molecule has 0 amide bonds. The average Bonchev–Trinajstić information content (AvgIpc) is 3.33. The number of aryl methyl sites for hydroxylation is 2. The molecular formula is C17H22N4. The van der Waals surface area contributed by atoms with Gasteiger partial charge in [-0.15, -0.1) is 0 Å². The van der Waals surface area contributed by atoms with Gasteiger partial charge in [-0.2, -0.15) is 4.98 Å². The summed E-state index contributed by atoms with van der Waals surface area (Å²) in [6.07, 6.45) is 3.48. The van der Waals surface area contributed by atoms with Crippen LogP contribution in [0.4, 0.5) is 17.5 Å². The lowest BCUT2D eigenvalue weighted by Gasteiger charge is -2.14. The van der Waals surface area contributed by atoms with Gasteiger partial charge < -0.3 is 10.6 Å². The molecule has 1 saturated carbocycles. The van der Waals surface area contributed by atoms with Crippen LogP contribution in [0.5, 0.6) is 0 Å². The zero-order valence-electron chi connectivity index (χ0n) is 12.9. The van der Waals surface area contributed by atoms with E-state index in [-0.39, 0.29) is 0 Å². The molecule has 2 N–H and O–H groups in total. The fraction of sp³-hybridized carbons (Fsp3) is 0.412. The molecule has 0 unspecified atom stereocenters. The lowest BCUT2D eigenvalue weighted by atomic mass is 10.1. The fourth-order valence-electron chi connectivity index (χ4n) is 2.56. The van der Waals surface area contributed by atoms with Crippen molar-refractivity contribution in [1.29, 1.82) is 0 Å². The predicted molar refractivity (Wildman–Crippen MR) is 87.4 cm³/mol. The number of anilines is 3. The fourth-order valence-corrected chi connectivity index (χ4v) is 2.56. The van der Waals surface area contributed by atoms with Gasteiger partial charge in [0, 0.05) is 24.7 Å². The van der Waals surface area contributed by atoms with Crippen LogP contribution in [0.1, 0.15) is 42.5 Å². The molecule has 21 heavy (non-hydrogen) atoms. The minimum absolute atomic E-state index is 0.614. The van der Waals surface area contributed by atoms with Crippen molar-refractivity contribution in [3.63, 3.8) is 0 Å². The average molecular weight is 282 g/mol. The zero-order valence-corrected chi connectivity index (χ0v) is 12.9. The highest BCUT2D eigenvalue weighted by atomic mass is 15.1. The molecule has 1 aromatic heterocycles. The van der Waals surface area contributed by atoms with Gasteiger partial charge in [0.1, 0.15) is 5.82 Å². The number of hydrogen-bond acceptors (Lipinski definition) is 4. The number of nitrogens with one attached hydrogen (secondary N) is 2. The molecular weight excluding hydrogens is 260 g/mol. The van der Waals surface area contributed by atoms with Crippen molar-refractivity contribution >= 4 is 17.5 Å². The van der Waals surface area contributed by atoms with Crippen LogP contribution in [-0.2, 0) is 6.42 Å². The number of hydrogen-bond donors (Lipinski definition) is 2. The standard InChI is InChI=1S/C17H22N4/c1-4-12-7-5-6-11(2)16(12)20-15-10-14(13-8-9-13)19-17(18-3)21-15/h5-7,10,13H,4,8-9H2,1-3H3,(H2,18,19,20,21). The highest BCUT2D eigenvalue weighted by Gasteiger charge is 2.26. The van der Waals surface area contributed by atoms with E-state index in [1.807, 2.05) is 7.05 Å². The topological polar surface area (TPSA) is 49.8 Å². The number of rotatable bonds is 5. The number of para-hydroxylation sites is 1. The highest BCUT2D eigenvalue weighted by molar-refractivity contribution is 5.65. The summed E-state index contributed by atoms with van der Waals surface area (Å²) in [5, 5.41) is 6.56. The van der Waals surface area contributed by atoms with Crippen LogP contribution in [0.3, 0.4) is 0 Å². The third-order valence-corrected chi connectivity index (χ3v) is 3.96. The number of aromatic nitrogens is 2. The van der Waals surface area contributed by atoms with Gasteiger partial charge >= 0.3 is 0 Å². The Balaban J connectivity index is 1.96. The van der Waals surface area contributed by atoms with E-state index in [0.717, 1.165) is 17.9 Å². The molecule has 110 valence electrons. The minimum atomic E-state index is 0.614. The Kier molecular flexibility index (Phi) is 3.78. The van der Waals surface area contributed by atoms with E-state index in [1.165, 1.54) is 29.7 Å². The summed E-state index contributed by atoms with van der Waals surface area (Å²) in [6, 6.07) is 8.49. The summed E-state index contributed by atoms with van der Waals surface area (Å²) < 4.78 is 0. The van der Waals surface area contributed by atoms with Crippen molar-refractivity contribution in [2.24, 2.45) is 0 Å². The van der Waals surface area contributed by atoms with Gasteiger partial charge in [0.2, 0.25) is 5.95 Å². The van der Waals surface area contributed by atoms with E-state index in [4.69, 9.17) is 0 Å². The molecule has 0 bridgehead atoms. The second-order valence-corrected chi connectivity index (χ2v) is 5.61. The minimum Gasteiger partial charge on any atom is -0.357 e. The van der Waals surface area contributed by atoms with Crippen LogP contribution in [0, 0.1) is 6.92 Å². The summed E-state index contributed by atoms with van der Waals surface area (Å²) in [5.74, 6) is 2.18. The van der Waals surface area contributed by atoms with Crippen molar-refractivity contribution in [2.75, 3.05) is 17.7 Å². The van der Waals surface area contributed by atoms with E-state index >= 15 is 0 Å². The summed E-state index contributed by atoms with van der Waals surface area (Å²) >= 11 is 0. The molecule has 1 fully saturated rings. The molecule has 4 nitrogen and oxygen atoms in total. The van der Waals surface area contributed by atoms with Gasteiger partial charge in [0.05, 0.1) is 5.69 Å². The van der Waals surface area contributed by atoms with E-state index in [0.29, 0.717) is 11.9 Å². The Labute approximate surface area is 126 Å². The van der Waals surface area contributed by atoms with Crippen molar-refractivity contribution in [3.8, 4) is 0 Å². The quantitative estimate of drug-likeness (QED) is 0.870. The van der Waals surface area contributed by atoms with Crippen LogP contribution in [-0.4, -0.2) is 17.0 Å². The summed E-state index contributed by atoms with van der Waals surface area (Å²) in [7, 11) is 1.86. The molecule has 1 aromatic carbocycles. The molecule has 0 atom stereocenters. The van der Waals surface area contributed by atoms with Crippen LogP contribution >= 0.6 is 0 Å².